The van der Waals surface area contributed by atoms with Gasteiger partial charge in [-0.05, 0) is 6.42 Å². The van der Waals surface area contributed by atoms with Gasteiger partial charge in [-0.3, -0.25) is 5.10 Å². The van der Waals surface area contributed by atoms with E-state index in [0.717, 1.165) is 0 Å². The maximum Gasteiger partial charge on any atom is 0.435 e. The van der Waals surface area contributed by atoms with E-state index in [1.807, 2.05) is 0 Å². The molecule has 0 bridgehead atoms. The van der Waals surface area contributed by atoms with Gasteiger partial charge in [-0.1, -0.05) is 6.92 Å². The smallest absolute Gasteiger partial charge is 0.281 e. The third-order valence-corrected chi connectivity index (χ3v) is 1.19. The first-order valence-corrected chi connectivity index (χ1v) is 3.07. The van der Waals surface area contributed by atoms with E-state index in [2.05, 4.69) is 16.3 Å². The van der Waals surface area contributed by atoms with Gasteiger partial charge in [-0.2, -0.15) is 18.3 Å². The Labute approximate surface area is 61.4 Å². The fourth-order valence-corrected chi connectivity index (χ4v) is 0.624. The van der Waals surface area contributed by atoms with Crippen LogP contribution in [-0.4, -0.2) is 10.2 Å². The molecule has 0 atom stereocenters. The second kappa shape index (κ2) is 2.56. The number of H-pyrrole nitrogens is 1. The number of aromatic nitrogens is 2. The van der Waals surface area contributed by atoms with Crippen molar-refractivity contribution in [3.8, 4) is 0 Å². The number of alkyl halides is 3. The number of rotatable bonds is 1. The van der Waals surface area contributed by atoms with Crippen LogP contribution in [0.15, 0.2) is 0 Å². The largest absolute Gasteiger partial charge is 0.435 e. The SMILES string of the molecule is CCc1[c]c(C(F)(F)F)n[nH]1. The van der Waals surface area contributed by atoms with Crippen LogP contribution >= 0.6 is 0 Å². The van der Waals surface area contributed by atoms with E-state index < -0.39 is 11.9 Å². The summed E-state index contributed by atoms with van der Waals surface area (Å²) in [6.45, 7) is 1.73. The van der Waals surface area contributed by atoms with Crippen molar-refractivity contribution in [2.75, 3.05) is 0 Å². The van der Waals surface area contributed by atoms with Crippen LogP contribution in [0.5, 0.6) is 0 Å². The molecule has 1 aromatic rings. The molecular formula is C6H6F3N2. The molecule has 0 aliphatic rings. The molecule has 0 fully saturated rings. The standard InChI is InChI=1S/C6H6F3N2/c1-2-4-3-5(11-10-4)6(7,8)9/h2H2,1H3,(H,10,11). The van der Waals surface area contributed by atoms with E-state index in [4.69, 9.17) is 0 Å². The van der Waals surface area contributed by atoms with Gasteiger partial charge in [0.25, 0.3) is 0 Å². The molecule has 0 saturated carbocycles. The molecule has 1 rings (SSSR count). The van der Waals surface area contributed by atoms with Gasteiger partial charge in [-0.25, -0.2) is 0 Å². The van der Waals surface area contributed by atoms with Gasteiger partial charge in [0.2, 0.25) is 0 Å². The Morgan fingerprint density at radius 2 is 2.18 bits per heavy atom. The van der Waals surface area contributed by atoms with E-state index in [1.54, 1.807) is 6.92 Å². The highest BCUT2D eigenvalue weighted by molar-refractivity contribution is 5.08. The first-order valence-electron chi connectivity index (χ1n) is 3.07. The van der Waals surface area contributed by atoms with Gasteiger partial charge in [0, 0.05) is 11.8 Å². The number of aryl methyl sites for hydroxylation is 1. The van der Waals surface area contributed by atoms with E-state index in [0.29, 0.717) is 12.1 Å². The van der Waals surface area contributed by atoms with Gasteiger partial charge in [0.05, 0.1) is 0 Å². The first kappa shape index (κ1) is 8.10. The van der Waals surface area contributed by atoms with E-state index in [1.165, 1.54) is 0 Å². The Hall–Kier alpha value is -1.00. The van der Waals surface area contributed by atoms with Gasteiger partial charge in [0.15, 0.2) is 5.69 Å². The Balaban J connectivity index is 2.89. The van der Waals surface area contributed by atoms with Crippen molar-refractivity contribution >= 4 is 0 Å². The van der Waals surface area contributed by atoms with Crippen molar-refractivity contribution < 1.29 is 13.2 Å². The topological polar surface area (TPSA) is 28.7 Å². The summed E-state index contributed by atoms with van der Waals surface area (Å²) >= 11 is 0. The van der Waals surface area contributed by atoms with Crippen molar-refractivity contribution in [1.82, 2.24) is 10.2 Å². The lowest BCUT2D eigenvalue weighted by molar-refractivity contribution is -0.141. The molecule has 61 valence electrons. The lowest BCUT2D eigenvalue weighted by Gasteiger charge is -1.97. The van der Waals surface area contributed by atoms with Crippen LogP contribution < -0.4 is 0 Å². The highest BCUT2D eigenvalue weighted by atomic mass is 19.4. The van der Waals surface area contributed by atoms with Crippen LogP contribution in [0.1, 0.15) is 18.3 Å². The fraction of sp³-hybridized carbons (Fsp3) is 0.500. The third-order valence-electron chi connectivity index (χ3n) is 1.19. The minimum Gasteiger partial charge on any atom is -0.281 e. The number of nitrogens with zero attached hydrogens (tertiary/aromatic N) is 1. The minimum absolute atomic E-state index is 0.373. The summed E-state index contributed by atoms with van der Waals surface area (Å²) in [5.41, 5.74) is -0.605. The van der Waals surface area contributed by atoms with Gasteiger partial charge in [-0.15, -0.1) is 0 Å². The molecule has 0 aliphatic carbocycles. The van der Waals surface area contributed by atoms with Crippen molar-refractivity contribution in [3.05, 3.63) is 17.5 Å². The molecule has 0 amide bonds. The van der Waals surface area contributed by atoms with E-state index in [9.17, 15) is 13.2 Å². The number of nitrogens with one attached hydrogen (secondary N) is 1. The van der Waals surface area contributed by atoms with Crippen molar-refractivity contribution in [1.29, 1.82) is 0 Å². The summed E-state index contributed by atoms with van der Waals surface area (Å²) in [6, 6.07) is 2.11. The lowest BCUT2D eigenvalue weighted by Crippen LogP contribution is -2.05. The summed E-state index contributed by atoms with van der Waals surface area (Å²) < 4.78 is 35.5. The van der Waals surface area contributed by atoms with Crippen molar-refractivity contribution in [3.63, 3.8) is 0 Å². The number of halogens is 3. The molecule has 1 aromatic heterocycles. The maximum absolute atomic E-state index is 11.8. The Bertz CT molecular complexity index is 238. The summed E-state index contributed by atoms with van der Waals surface area (Å²) in [6.07, 6.45) is -3.91. The molecule has 1 radical (unpaired) electrons. The maximum atomic E-state index is 11.8. The average Bonchev–Trinajstić information content (AvgIpc) is 2.32. The fourth-order valence-electron chi connectivity index (χ4n) is 0.624. The van der Waals surface area contributed by atoms with Crippen LogP contribution in [0.2, 0.25) is 0 Å². The number of hydrogen-bond acceptors (Lipinski definition) is 1. The lowest BCUT2D eigenvalue weighted by atomic mass is 10.3. The summed E-state index contributed by atoms with van der Waals surface area (Å²) in [7, 11) is 0. The normalized spacial score (nSPS) is 12.0. The zero-order chi connectivity index (χ0) is 8.48. The van der Waals surface area contributed by atoms with Crippen LogP contribution in [0, 0.1) is 6.07 Å². The van der Waals surface area contributed by atoms with E-state index in [-0.39, 0.29) is 0 Å². The first-order chi connectivity index (χ1) is 5.04. The number of aromatic amines is 1. The van der Waals surface area contributed by atoms with Gasteiger partial charge < -0.3 is 0 Å². The highest BCUT2D eigenvalue weighted by Crippen LogP contribution is 2.27. The summed E-state index contributed by atoms with van der Waals surface area (Å²) in [5, 5.41) is 5.29. The monoisotopic (exact) mass is 163 g/mol. The number of hydrogen-bond donors (Lipinski definition) is 1. The van der Waals surface area contributed by atoms with Crippen molar-refractivity contribution in [2.45, 2.75) is 19.5 Å². The van der Waals surface area contributed by atoms with Gasteiger partial charge in [0.1, 0.15) is 0 Å². The Kier molecular flexibility index (Phi) is 1.89. The summed E-state index contributed by atoms with van der Waals surface area (Å²) in [5.74, 6) is 0. The highest BCUT2D eigenvalue weighted by Gasteiger charge is 2.33. The minimum atomic E-state index is -4.38. The molecule has 5 heteroatoms. The van der Waals surface area contributed by atoms with Gasteiger partial charge >= 0.3 is 6.18 Å². The predicted octanol–water partition coefficient (Wildman–Crippen LogP) is 1.79. The second-order valence-electron chi connectivity index (χ2n) is 2.03. The van der Waals surface area contributed by atoms with Crippen LogP contribution in [-0.2, 0) is 12.6 Å². The average molecular weight is 163 g/mol. The predicted molar refractivity (Wildman–Crippen MR) is 31.8 cm³/mol. The third kappa shape index (κ3) is 1.72. The Morgan fingerprint density at radius 3 is 2.45 bits per heavy atom. The molecule has 0 unspecified atom stereocenters. The quantitative estimate of drug-likeness (QED) is 0.671. The molecule has 2 nitrogen and oxygen atoms in total. The molecule has 0 spiro atoms. The molecule has 11 heavy (non-hydrogen) atoms. The Morgan fingerprint density at radius 1 is 1.55 bits per heavy atom. The molecule has 1 N–H and O–H groups in total. The molecule has 0 saturated heterocycles. The van der Waals surface area contributed by atoms with Crippen LogP contribution in [0.25, 0.3) is 0 Å². The van der Waals surface area contributed by atoms with Crippen LogP contribution in [0.4, 0.5) is 13.2 Å². The van der Waals surface area contributed by atoms with E-state index >= 15 is 0 Å². The zero-order valence-electron chi connectivity index (χ0n) is 5.79. The second-order valence-corrected chi connectivity index (χ2v) is 2.03. The van der Waals surface area contributed by atoms with Crippen molar-refractivity contribution in [2.24, 2.45) is 0 Å². The molecule has 0 aliphatic heterocycles. The van der Waals surface area contributed by atoms with Crippen LogP contribution in [0.3, 0.4) is 0 Å². The zero-order valence-corrected chi connectivity index (χ0v) is 5.79. The molecule has 0 aromatic carbocycles. The molecular weight excluding hydrogens is 157 g/mol. The molecule has 1 heterocycles. The summed E-state index contributed by atoms with van der Waals surface area (Å²) in [4.78, 5) is 0.